The molecule has 2 N–H and O–H groups in total. The van der Waals surface area contributed by atoms with Crippen LogP contribution in [0.3, 0.4) is 0 Å². The molecule has 0 unspecified atom stereocenters. The van der Waals surface area contributed by atoms with E-state index in [4.69, 9.17) is 4.74 Å². The minimum absolute atomic E-state index is 0.436. The molecule has 0 radical (unpaired) electrons. The first-order chi connectivity index (χ1) is 9.81. The second-order valence-electron chi connectivity index (χ2n) is 4.25. The van der Waals surface area contributed by atoms with Crippen molar-refractivity contribution in [2.45, 2.75) is 20.0 Å². The molecule has 2 heterocycles. The third-order valence-corrected chi connectivity index (χ3v) is 3.50. The summed E-state index contributed by atoms with van der Waals surface area (Å²) in [5.41, 5.74) is 1.35. The highest BCUT2D eigenvalue weighted by molar-refractivity contribution is 7.07. The first-order valence-corrected chi connectivity index (χ1v) is 7.64. The van der Waals surface area contributed by atoms with Crippen LogP contribution in [0.1, 0.15) is 18.3 Å². The van der Waals surface area contributed by atoms with E-state index in [0.717, 1.165) is 24.6 Å². The fourth-order valence-electron chi connectivity index (χ4n) is 1.74. The Morgan fingerprint density at radius 3 is 2.85 bits per heavy atom. The fraction of sp³-hybridized carbons (Fsp3) is 0.429. The molecule has 0 aliphatic rings. The van der Waals surface area contributed by atoms with Crippen LogP contribution >= 0.6 is 11.3 Å². The molecule has 0 atom stereocenters. The maximum atomic E-state index is 5.36. The Kier molecular flexibility index (Phi) is 5.76. The summed E-state index contributed by atoms with van der Waals surface area (Å²) in [4.78, 5) is 8.81. The Morgan fingerprint density at radius 2 is 2.15 bits per heavy atom. The Balaban J connectivity index is 1.94. The van der Waals surface area contributed by atoms with E-state index in [1.54, 1.807) is 11.3 Å². The molecular formula is C14H20N4OS. The summed E-state index contributed by atoms with van der Waals surface area (Å²) in [7, 11) is 1.85. The number of ether oxygens (including phenoxy) is 1. The fourth-order valence-corrected chi connectivity index (χ4v) is 2.45. The van der Waals surface area contributed by atoms with Crippen LogP contribution in [0.25, 0.3) is 0 Å². The van der Waals surface area contributed by atoms with Crippen molar-refractivity contribution in [2.24, 2.45) is 0 Å². The molecule has 0 amide bonds. The lowest BCUT2D eigenvalue weighted by Gasteiger charge is -2.09. The third-order valence-electron chi connectivity index (χ3n) is 2.76. The molecule has 0 spiro atoms. The third kappa shape index (κ3) is 4.47. The zero-order valence-corrected chi connectivity index (χ0v) is 12.7. The van der Waals surface area contributed by atoms with Crippen molar-refractivity contribution in [3.63, 3.8) is 0 Å². The van der Waals surface area contributed by atoms with E-state index in [1.165, 1.54) is 5.56 Å². The Labute approximate surface area is 123 Å². The molecule has 2 rings (SSSR count). The standard InChI is InChI=1S/C14H20N4OS/c1-3-19-9-14-17-12(15-2)8-13(18-14)16-6-4-11-5-7-20-10-11/h5,7-8,10H,3-4,6,9H2,1-2H3,(H2,15,16,17,18). The normalized spacial score (nSPS) is 10.5. The lowest BCUT2D eigenvalue weighted by molar-refractivity contribution is 0.128. The predicted molar refractivity (Wildman–Crippen MR) is 83.4 cm³/mol. The van der Waals surface area contributed by atoms with Gasteiger partial charge in [0.2, 0.25) is 0 Å². The number of hydrogen-bond acceptors (Lipinski definition) is 6. The molecule has 20 heavy (non-hydrogen) atoms. The number of hydrogen-bond donors (Lipinski definition) is 2. The van der Waals surface area contributed by atoms with Crippen molar-refractivity contribution in [1.29, 1.82) is 0 Å². The summed E-state index contributed by atoms with van der Waals surface area (Å²) in [6.45, 7) is 3.91. The minimum Gasteiger partial charge on any atom is -0.374 e. The van der Waals surface area contributed by atoms with Crippen molar-refractivity contribution in [3.05, 3.63) is 34.3 Å². The molecule has 0 aliphatic carbocycles. The van der Waals surface area contributed by atoms with Gasteiger partial charge in [-0.25, -0.2) is 9.97 Å². The lowest BCUT2D eigenvalue weighted by atomic mass is 10.2. The first kappa shape index (κ1) is 14.7. The molecule has 6 heteroatoms. The SMILES string of the molecule is CCOCc1nc(NC)cc(NCCc2ccsc2)n1. The molecule has 0 aliphatic heterocycles. The van der Waals surface area contributed by atoms with E-state index >= 15 is 0 Å². The summed E-state index contributed by atoms with van der Waals surface area (Å²) >= 11 is 1.72. The topological polar surface area (TPSA) is 59.1 Å². The Morgan fingerprint density at radius 1 is 1.30 bits per heavy atom. The van der Waals surface area contributed by atoms with Crippen LogP contribution in [0.4, 0.5) is 11.6 Å². The average Bonchev–Trinajstić information content (AvgIpc) is 2.98. The molecule has 0 saturated carbocycles. The quantitative estimate of drug-likeness (QED) is 0.783. The number of nitrogens with zero attached hydrogens (tertiary/aromatic N) is 2. The molecule has 0 bridgehead atoms. The number of nitrogens with one attached hydrogen (secondary N) is 2. The maximum absolute atomic E-state index is 5.36. The maximum Gasteiger partial charge on any atom is 0.158 e. The van der Waals surface area contributed by atoms with Crippen LogP contribution in [-0.2, 0) is 17.8 Å². The van der Waals surface area contributed by atoms with E-state index in [-0.39, 0.29) is 0 Å². The molecule has 2 aromatic rings. The van der Waals surface area contributed by atoms with Crippen LogP contribution < -0.4 is 10.6 Å². The van der Waals surface area contributed by atoms with Gasteiger partial charge in [-0.15, -0.1) is 0 Å². The van der Waals surface area contributed by atoms with Gasteiger partial charge in [0.1, 0.15) is 18.2 Å². The van der Waals surface area contributed by atoms with Crippen LogP contribution in [0.5, 0.6) is 0 Å². The van der Waals surface area contributed by atoms with Gasteiger partial charge in [0.15, 0.2) is 5.82 Å². The van der Waals surface area contributed by atoms with Gasteiger partial charge in [-0.3, -0.25) is 0 Å². The highest BCUT2D eigenvalue weighted by Gasteiger charge is 2.04. The van der Waals surface area contributed by atoms with Crippen molar-refractivity contribution >= 4 is 23.0 Å². The first-order valence-electron chi connectivity index (χ1n) is 6.70. The lowest BCUT2D eigenvalue weighted by Crippen LogP contribution is -2.10. The van der Waals surface area contributed by atoms with E-state index in [2.05, 4.69) is 37.4 Å². The molecule has 5 nitrogen and oxygen atoms in total. The van der Waals surface area contributed by atoms with Crippen molar-refractivity contribution < 1.29 is 4.74 Å². The van der Waals surface area contributed by atoms with Crippen molar-refractivity contribution in [2.75, 3.05) is 30.8 Å². The van der Waals surface area contributed by atoms with E-state index in [9.17, 15) is 0 Å². The second kappa shape index (κ2) is 7.81. The summed E-state index contributed by atoms with van der Waals surface area (Å²) in [5.74, 6) is 2.32. The summed E-state index contributed by atoms with van der Waals surface area (Å²) < 4.78 is 5.36. The Bertz CT molecular complexity index is 516. The molecule has 0 aromatic carbocycles. The van der Waals surface area contributed by atoms with E-state index < -0.39 is 0 Å². The summed E-state index contributed by atoms with van der Waals surface area (Å²) in [6.07, 6.45) is 0.989. The number of anilines is 2. The largest absolute Gasteiger partial charge is 0.374 e. The number of aromatic nitrogens is 2. The highest BCUT2D eigenvalue weighted by atomic mass is 32.1. The minimum atomic E-state index is 0.436. The van der Waals surface area contributed by atoms with Crippen molar-refractivity contribution in [3.8, 4) is 0 Å². The molecule has 2 aromatic heterocycles. The van der Waals surface area contributed by atoms with Gasteiger partial charge in [-0.1, -0.05) is 0 Å². The van der Waals surface area contributed by atoms with E-state index in [0.29, 0.717) is 19.0 Å². The zero-order chi connectivity index (χ0) is 14.2. The Hall–Kier alpha value is -1.66. The van der Waals surface area contributed by atoms with Gasteiger partial charge >= 0.3 is 0 Å². The van der Waals surface area contributed by atoms with Crippen LogP contribution in [0, 0.1) is 0 Å². The average molecular weight is 292 g/mol. The zero-order valence-electron chi connectivity index (χ0n) is 11.8. The van der Waals surface area contributed by atoms with E-state index in [1.807, 2.05) is 20.0 Å². The molecular weight excluding hydrogens is 272 g/mol. The van der Waals surface area contributed by atoms with Gasteiger partial charge in [-0.2, -0.15) is 11.3 Å². The van der Waals surface area contributed by atoms with Gasteiger partial charge in [-0.05, 0) is 35.7 Å². The highest BCUT2D eigenvalue weighted by Crippen LogP contribution is 2.12. The molecule has 0 saturated heterocycles. The smallest absolute Gasteiger partial charge is 0.158 e. The molecule has 108 valence electrons. The van der Waals surface area contributed by atoms with Gasteiger partial charge in [0, 0.05) is 26.3 Å². The summed E-state index contributed by atoms with van der Waals surface area (Å²) in [6, 6.07) is 4.05. The van der Waals surface area contributed by atoms with Gasteiger partial charge in [0.05, 0.1) is 0 Å². The van der Waals surface area contributed by atoms with Crippen LogP contribution in [0.2, 0.25) is 0 Å². The molecule has 0 fully saturated rings. The second-order valence-corrected chi connectivity index (χ2v) is 5.03. The summed E-state index contributed by atoms with van der Waals surface area (Å²) in [5, 5.41) is 10.6. The van der Waals surface area contributed by atoms with Crippen molar-refractivity contribution in [1.82, 2.24) is 9.97 Å². The predicted octanol–water partition coefficient (Wildman–Crippen LogP) is 2.77. The van der Waals surface area contributed by atoms with Gasteiger partial charge in [0.25, 0.3) is 0 Å². The number of thiophene rings is 1. The van der Waals surface area contributed by atoms with Gasteiger partial charge < -0.3 is 15.4 Å². The number of rotatable bonds is 8. The monoisotopic (exact) mass is 292 g/mol. The van der Waals surface area contributed by atoms with Crippen LogP contribution in [-0.4, -0.2) is 30.2 Å². The van der Waals surface area contributed by atoms with Crippen LogP contribution in [0.15, 0.2) is 22.9 Å².